The van der Waals surface area contributed by atoms with Gasteiger partial charge in [0.2, 0.25) is 0 Å². The Hall–Kier alpha value is -1.32. The molecule has 2 nitrogen and oxygen atoms in total. The van der Waals surface area contributed by atoms with Crippen molar-refractivity contribution in [2.24, 2.45) is 17.8 Å². The van der Waals surface area contributed by atoms with Crippen molar-refractivity contribution in [2.45, 2.75) is 43.9 Å². The van der Waals surface area contributed by atoms with E-state index in [2.05, 4.69) is 22.0 Å². The second kappa shape index (κ2) is 5.11. The van der Waals surface area contributed by atoms with Crippen LogP contribution in [0.5, 0.6) is 0 Å². The number of aromatic nitrogens is 2. The Bertz CT molecular complexity index is 934. The Kier molecular flexibility index (Phi) is 3.03. The van der Waals surface area contributed by atoms with Crippen molar-refractivity contribution in [2.75, 3.05) is 0 Å². The molecular weight excluding hydrogens is 348 g/mol. The van der Waals surface area contributed by atoms with E-state index in [4.69, 9.17) is 16.6 Å². The largest absolute Gasteiger partial charge is 0.290 e. The van der Waals surface area contributed by atoms with Crippen molar-refractivity contribution in [3.8, 4) is 11.3 Å². The molecule has 0 unspecified atom stereocenters. The number of rotatable bonds is 2. The summed E-state index contributed by atoms with van der Waals surface area (Å²) in [5.41, 5.74) is 4.12. The summed E-state index contributed by atoms with van der Waals surface area (Å²) in [7, 11) is 0. The molecule has 4 bridgehead atoms. The van der Waals surface area contributed by atoms with Gasteiger partial charge < -0.3 is 0 Å². The number of hydrogen-bond donors (Lipinski definition) is 0. The highest BCUT2D eigenvalue weighted by Gasteiger charge is 2.52. The third-order valence-electron chi connectivity index (χ3n) is 6.91. The molecular formula is C21H21ClN2S. The Balaban J connectivity index is 1.46. The maximum absolute atomic E-state index is 6.21. The summed E-state index contributed by atoms with van der Waals surface area (Å²) in [5.74, 6) is 2.87. The van der Waals surface area contributed by atoms with Gasteiger partial charge >= 0.3 is 0 Å². The first kappa shape index (κ1) is 14.8. The standard InChI is InChI=1S/C21H21ClN2S/c22-17-3-1-2-16(7-17)18-12-25-20-23-19(11-24(18)20)21-8-13-4-14(9-21)6-15(5-13)10-21/h1-3,7,11-15H,4-6,8-10H2. The van der Waals surface area contributed by atoms with E-state index in [-0.39, 0.29) is 0 Å². The zero-order valence-electron chi connectivity index (χ0n) is 14.1. The fraction of sp³-hybridized carbons (Fsp3) is 0.476. The second-order valence-corrected chi connectivity index (χ2v) is 9.88. The van der Waals surface area contributed by atoms with Gasteiger partial charge in [-0.15, -0.1) is 11.3 Å². The molecule has 2 aromatic heterocycles. The Morgan fingerprint density at radius 3 is 2.48 bits per heavy atom. The van der Waals surface area contributed by atoms with Gasteiger partial charge in [-0.3, -0.25) is 4.40 Å². The van der Waals surface area contributed by atoms with E-state index in [1.54, 1.807) is 11.3 Å². The molecule has 2 heterocycles. The smallest absolute Gasteiger partial charge is 0.194 e. The molecule has 4 aliphatic carbocycles. The first-order valence-corrected chi connectivity index (χ1v) is 10.7. The topological polar surface area (TPSA) is 17.3 Å². The highest BCUT2D eigenvalue weighted by molar-refractivity contribution is 7.15. The Morgan fingerprint density at radius 1 is 1.08 bits per heavy atom. The quantitative estimate of drug-likeness (QED) is 0.527. The van der Waals surface area contributed by atoms with Crippen molar-refractivity contribution in [1.82, 2.24) is 9.38 Å². The fourth-order valence-electron chi connectivity index (χ4n) is 6.32. The summed E-state index contributed by atoms with van der Waals surface area (Å²) in [6.07, 6.45) is 10.9. The third-order valence-corrected chi connectivity index (χ3v) is 7.99. The van der Waals surface area contributed by atoms with Crippen LogP contribution in [0.3, 0.4) is 0 Å². The van der Waals surface area contributed by atoms with Crippen molar-refractivity contribution in [1.29, 1.82) is 0 Å². The van der Waals surface area contributed by atoms with E-state index in [9.17, 15) is 0 Å². The van der Waals surface area contributed by atoms with Crippen LogP contribution in [0.25, 0.3) is 16.2 Å². The van der Waals surface area contributed by atoms with Gasteiger partial charge in [-0.2, -0.15) is 0 Å². The second-order valence-electron chi connectivity index (χ2n) is 8.61. The zero-order chi connectivity index (χ0) is 16.6. The Labute approximate surface area is 156 Å². The van der Waals surface area contributed by atoms with Crippen LogP contribution in [0.1, 0.15) is 44.2 Å². The Morgan fingerprint density at radius 2 is 1.80 bits per heavy atom. The predicted octanol–water partition coefficient (Wildman–Crippen LogP) is 6.18. The number of nitrogens with zero attached hydrogens (tertiary/aromatic N) is 2. The molecule has 0 radical (unpaired) electrons. The molecule has 1 aromatic carbocycles. The summed E-state index contributed by atoms with van der Waals surface area (Å²) < 4.78 is 2.30. The minimum absolute atomic E-state index is 0.367. The van der Waals surface area contributed by atoms with E-state index in [1.807, 2.05) is 18.2 Å². The van der Waals surface area contributed by atoms with Gasteiger partial charge in [-0.25, -0.2) is 4.98 Å². The SMILES string of the molecule is Clc1cccc(-c2csc3nc(C45CC6CC(CC(C6)C4)C5)cn23)c1. The number of imidazole rings is 1. The van der Waals surface area contributed by atoms with Gasteiger partial charge in [-0.1, -0.05) is 23.7 Å². The summed E-state index contributed by atoms with van der Waals surface area (Å²) in [6, 6.07) is 8.15. The van der Waals surface area contributed by atoms with Gasteiger partial charge in [0, 0.05) is 27.6 Å². The maximum atomic E-state index is 6.21. The predicted molar refractivity (Wildman–Crippen MR) is 103 cm³/mol. The molecule has 0 atom stereocenters. The molecule has 4 fully saturated rings. The van der Waals surface area contributed by atoms with Crippen molar-refractivity contribution < 1.29 is 0 Å². The van der Waals surface area contributed by atoms with Gasteiger partial charge in [0.1, 0.15) is 0 Å². The molecule has 0 N–H and O–H groups in total. The molecule has 128 valence electrons. The summed E-state index contributed by atoms with van der Waals surface area (Å²) in [5, 5.41) is 3.00. The van der Waals surface area contributed by atoms with Crippen LogP contribution in [0.4, 0.5) is 0 Å². The molecule has 0 aliphatic heterocycles. The number of thiazole rings is 1. The van der Waals surface area contributed by atoms with Crippen molar-refractivity contribution in [3.63, 3.8) is 0 Å². The molecule has 0 saturated heterocycles. The lowest BCUT2D eigenvalue weighted by Gasteiger charge is -2.56. The maximum Gasteiger partial charge on any atom is 0.194 e. The zero-order valence-corrected chi connectivity index (χ0v) is 15.7. The average molecular weight is 369 g/mol. The van der Waals surface area contributed by atoms with Crippen LogP contribution in [0.15, 0.2) is 35.8 Å². The molecule has 25 heavy (non-hydrogen) atoms. The molecule has 3 aromatic rings. The molecule has 4 heteroatoms. The van der Waals surface area contributed by atoms with Crippen LogP contribution >= 0.6 is 22.9 Å². The molecule has 4 saturated carbocycles. The van der Waals surface area contributed by atoms with Crippen LogP contribution in [0, 0.1) is 17.8 Å². The van der Waals surface area contributed by atoms with E-state index in [0.717, 1.165) is 27.7 Å². The van der Waals surface area contributed by atoms with Crippen molar-refractivity contribution in [3.05, 3.63) is 46.6 Å². The number of benzene rings is 1. The lowest BCUT2D eigenvalue weighted by atomic mass is 9.49. The first-order chi connectivity index (χ1) is 12.2. The molecule has 4 aliphatic rings. The van der Waals surface area contributed by atoms with E-state index in [1.165, 1.54) is 55.5 Å². The van der Waals surface area contributed by atoms with Crippen molar-refractivity contribution >= 4 is 27.9 Å². The molecule has 0 spiro atoms. The summed E-state index contributed by atoms with van der Waals surface area (Å²) >= 11 is 7.96. The normalized spacial score (nSPS) is 33.4. The van der Waals surface area contributed by atoms with Gasteiger partial charge in [-0.05, 0) is 68.4 Å². The average Bonchev–Trinajstić information content (AvgIpc) is 3.14. The summed E-state index contributed by atoms with van der Waals surface area (Å²) in [4.78, 5) is 6.25. The van der Waals surface area contributed by atoms with Crippen LogP contribution < -0.4 is 0 Å². The summed E-state index contributed by atoms with van der Waals surface area (Å²) in [6.45, 7) is 0. The lowest BCUT2D eigenvalue weighted by Crippen LogP contribution is -2.48. The molecule has 7 rings (SSSR count). The van der Waals surface area contributed by atoms with E-state index in [0.29, 0.717) is 5.41 Å². The third kappa shape index (κ3) is 2.18. The first-order valence-electron chi connectivity index (χ1n) is 9.42. The van der Waals surface area contributed by atoms with Gasteiger partial charge in [0.25, 0.3) is 0 Å². The monoisotopic (exact) mass is 368 g/mol. The minimum atomic E-state index is 0.367. The fourth-order valence-corrected chi connectivity index (χ4v) is 7.39. The van der Waals surface area contributed by atoms with Crippen LogP contribution in [-0.2, 0) is 5.41 Å². The lowest BCUT2D eigenvalue weighted by molar-refractivity contribution is -0.00696. The van der Waals surface area contributed by atoms with E-state index < -0.39 is 0 Å². The number of halogens is 1. The minimum Gasteiger partial charge on any atom is -0.290 e. The van der Waals surface area contributed by atoms with Gasteiger partial charge in [0.05, 0.1) is 11.4 Å². The van der Waals surface area contributed by atoms with Crippen LogP contribution in [0.2, 0.25) is 5.02 Å². The van der Waals surface area contributed by atoms with Crippen LogP contribution in [-0.4, -0.2) is 9.38 Å². The highest BCUT2D eigenvalue weighted by atomic mass is 35.5. The van der Waals surface area contributed by atoms with E-state index >= 15 is 0 Å². The number of fused-ring (bicyclic) bond motifs is 1. The van der Waals surface area contributed by atoms with Gasteiger partial charge in [0.15, 0.2) is 4.96 Å². The highest BCUT2D eigenvalue weighted by Crippen LogP contribution is 2.60. The number of hydrogen-bond acceptors (Lipinski definition) is 2. The molecule has 0 amide bonds.